The Kier molecular flexibility index (Phi) is 4.62. The molecule has 1 saturated carbocycles. The number of hydrogen-bond acceptors (Lipinski definition) is 5. The highest BCUT2D eigenvalue weighted by Crippen LogP contribution is 2.38. The Bertz CT molecular complexity index is 571. The second-order valence-electron chi connectivity index (χ2n) is 5.34. The van der Waals surface area contributed by atoms with E-state index in [4.69, 9.17) is 15.6 Å². The number of anilines is 1. The highest BCUT2D eigenvalue weighted by molar-refractivity contribution is 5.71. The first-order chi connectivity index (χ1) is 9.98. The topological polar surface area (TPSA) is 118 Å². The van der Waals surface area contributed by atoms with Gasteiger partial charge in [-0.2, -0.15) is 0 Å². The van der Waals surface area contributed by atoms with Crippen molar-refractivity contribution < 1.29 is 14.6 Å². The lowest BCUT2D eigenvalue weighted by Gasteiger charge is -2.36. The Morgan fingerprint density at radius 1 is 1.43 bits per heavy atom. The fourth-order valence-electron chi connectivity index (χ4n) is 2.90. The lowest BCUT2D eigenvalue weighted by atomic mass is 9.83. The molecular weight excluding hydrogens is 274 g/mol. The van der Waals surface area contributed by atoms with Crippen molar-refractivity contribution in [2.24, 2.45) is 0 Å². The third-order valence-electron chi connectivity index (χ3n) is 3.89. The Labute approximate surface area is 122 Å². The number of nitrogen functional groups attached to an aromatic ring is 1. The number of nitrogens with zero attached hydrogens (tertiary/aromatic N) is 1. The maximum atomic E-state index is 12.1. The third-order valence-corrected chi connectivity index (χ3v) is 3.89. The van der Waals surface area contributed by atoms with Crippen LogP contribution in [-0.2, 0) is 21.6 Å². The second-order valence-corrected chi connectivity index (χ2v) is 5.34. The minimum Gasteiger partial charge on any atom is -0.481 e. The number of hydrogen-bond donors (Lipinski definition) is 3. The van der Waals surface area contributed by atoms with Crippen LogP contribution in [0, 0.1) is 0 Å². The maximum absolute atomic E-state index is 12.1. The molecule has 2 rings (SSSR count). The lowest BCUT2D eigenvalue weighted by molar-refractivity contribution is -0.136. The minimum absolute atomic E-state index is 0.00583. The summed E-state index contributed by atoms with van der Waals surface area (Å²) < 4.78 is 5.88. The van der Waals surface area contributed by atoms with Crippen LogP contribution in [0.1, 0.15) is 50.4 Å². The Hall–Kier alpha value is -1.89. The number of aromatic amines is 1. The molecule has 1 aromatic heterocycles. The van der Waals surface area contributed by atoms with E-state index >= 15 is 0 Å². The predicted octanol–water partition coefficient (Wildman–Crippen LogP) is 1.18. The van der Waals surface area contributed by atoms with Gasteiger partial charge >= 0.3 is 5.97 Å². The molecule has 0 aliphatic heterocycles. The average Bonchev–Trinajstić information content (AvgIpc) is 2.44. The molecule has 0 unspecified atom stereocenters. The van der Waals surface area contributed by atoms with Gasteiger partial charge in [0.05, 0.1) is 12.0 Å². The molecule has 1 heterocycles. The highest BCUT2D eigenvalue weighted by Gasteiger charge is 2.37. The molecule has 0 aromatic carbocycles. The summed E-state index contributed by atoms with van der Waals surface area (Å²) in [5.41, 5.74) is 4.67. The fraction of sp³-hybridized carbons (Fsp3) is 0.643. The van der Waals surface area contributed by atoms with Crippen LogP contribution in [0.15, 0.2) is 4.79 Å². The highest BCUT2D eigenvalue weighted by atomic mass is 16.5. The van der Waals surface area contributed by atoms with Gasteiger partial charge in [-0.1, -0.05) is 19.3 Å². The number of aliphatic carboxylic acids is 1. The molecule has 1 aliphatic rings. The van der Waals surface area contributed by atoms with Crippen molar-refractivity contribution in [1.82, 2.24) is 9.97 Å². The zero-order valence-corrected chi connectivity index (χ0v) is 12.1. The second kappa shape index (κ2) is 6.26. The van der Waals surface area contributed by atoms with E-state index < -0.39 is 23.6 Å². The SMILES string of the molecule is CCOC1(c2nc(N)c(CC(=O)O)c(=O)[nH]2)CCCCC1. The van der Waals surface area contributed by atoms with E-state index in [1.807, 2.05) is 6.92 Å². The van der Waals surface area contributed by atoms with Gasteiger partial charge in [0.15, 0.2) is 0 Å². The molecule has 7 heteroatoms. The molecule has 1 aliphatic carbocycles. The molecule has 0 amide bonds. The Morgan fingerprint density at radius 2 is 2.10 bits per heavy atom. The largest absolute Gasteiger partial charge is 0.481 e. The van der Waals surface area contributed by atoms with Crippen molar-refractivity contribution in [3.63, 3.8) is 0 Å². The number of carboxylic acid groups (broad SMARTS) is 1. The van der Waals surface area contributed by atoms with Crippen LogP contribution in [0.25, 0.3) is 0 Å². The van der Waals surface area contributed by atoms with E-state index in [1.165, 1.54) is 0 Å². The first kappa shape index (κ1) is 15.5. The van der Waals surface area contributed by atoms with E-state index in [-0.39, 0.29) is 11.4 Å². The average molecular weight is 295 g/mol. The Balaban J connectivity index is 2.43. The molecule has 0 atom stereocenters. The van der Waals surface area contributed by atoms with Gasteiger partial charge in [-0.05, 0) is 19.8 Å². The van der Waals surface area contributed by atoms with E-state index in [0.717, 1.165) is 32.1 Å². The van der Waals surface area contributed by atoms with Crippen LogP contribution in [0.5, 0.6) is 0 Å². The number of rotatable bonds is 5. The van der Waals surface area contributed by atoms with Crippen molar-refractivity contribution in [3.8, 4) is 0 Å². The molecule has 0 bridgehead atoms. The smallest absolute Gasteiger partial charge is 0.308 e. The van der Waals surface area contributed by atoms with Crippen molar-refractivity contribution in [2.75, 3.05) is 12.3 Å². The summed E-state index contributed by atoms with van der Waals surface area (Å²) in [6.07, 6.45) is 4.26. The molecule has 0 saturated heterocycles. The van der Waals surface area contributed by atoms with Gasteiger partial charge in [0.25, 0.3) is 5.56 Å². The van der Waals surface area contributed by atoms with Crippen molar-refractivity contribution in [1.29, 1.82) is 0 Å². The van der Waals surface area contributed by atoms with Gasteiger partial charge in [0.2, 0.25) is 0 Å². The summed E-state index contributed by atoms with van der Waals surface area (Å²) in [6.45, 7) is 2.41. The van der Waals surface area contributed by atoms with Crippen molar-refractivity contribution >= 4 is 11.8 Å². The number of nitrogens with one attached hydrogen (secondary N) is 1. The predicted molar refractivity (Wildman–Crippen MR) is 77.0 cm³/mol. The molecule has 1 aromatic rings. The fourth-order valence-corrected chi connectivity index (χ4v) is 2.90. The minimum atomic E-state index is -1.11. The first-order valence-corrected chi connectivity index (χ1v) is 7.23. The monoisotopic (exact) mass is 295 g/mol. The molecule has 7 nitrogen and oxygen atoms in total. The van der Waals surface area contributed by atoms with Crippen LogP contribution < -0.4 is 11.3 Å². The zero-order chi connectivity index (χ0) is 15.5. The van der Waals surface area contributed by atoms with Crippen LogP contribution in [0.3, 0.4) is 0 Å². The zero-order valence-electron chi connectivity index (χ0n) is 12.1. The number of nitrogens with two attached hydrogens (primary N) is 1. The first-order valence-electron chi connectivity index (χ1n) is 7.23. The quantitative estimate of drug-likeness (QED) is 0.750. The summed E-state index contributed by atoms with van der Waals surface area (Å²) in [4.78, 5) is 29.8. The molecule has 21 heavy (non-hydrogen) atoms. The summed E-state index contributed by atoms with van der Waals surface area (Å²) in [7, 11) is 0. The van der Waals surface area contributed by atoms with Gasteiger partial charge < -0.3 is 20.6 Å². The van der Waals surface area contributed by atoms with E-state index in [1.54, 1.807) is 0 Å². The molecule has 0 spiro atoms. The summed E-state index contributed by atoms with van der Waals surface area (Å²) in [5, 5.41) is 8.81. The van der Waals surface area contributed by atoms with Gasteiger partial charge in [0, 0.05) is 6.61 Å². The van der Waals surface area contributed by atoms with E-state index in [9.17, 15) is 9.59 Å². The summed E-state index contributed by atoms with van der Waals surface area (Å²) in [6, 6.07) is 0. The van der Waals surface area contributed by atoms with Crippen LogP contribution in [-0.4, -0.2) is 27.7 Å². The van der Waals surface area contributed by atoms with Crippen LogP contribution in [0.2, 0.25) is 0 Å². The van der Waals surface area contributed by atoms with E-state index in [0.29, 0.717) is 12.4 Å². The molecule has 4 N–H and O–H groups in total. The van der Waals surface area contributed by atoms with Gasteiger partial charge in [-0.25, -0.2) is 4.98 Å². The number of aromatic nitrogens is 2. The standard InChI is InChI=1S/C14H21N3O4/c1-2-21-14(6-4-3-5-7-14)13-16-11(15)9(8-10(18)19)12(20)17-13/h2-8H2,1H3,(H,18,19)(H3,15,16,17,20). The summed E-state index contributed by atoms with van der Waals surface area (Å²) >= 11 is 0. The van der Waals surface area contributed by atoms with Crippen molar-refractivity contribution in [2.45, 2.75) is 51.0 Å². The van der Waals surface area contributed by atoms with Crippen LogP contribution >= 0.6 is 0 Å². The van der Waals surface area contributed by atoms with Gasteiger partial charge in [0.1, 0.15) is 17.2 Å². The lowest BCUT2D eigenvalue weighted by Crippen LogP contribution is -2.37. The Morgan fingerprint density at radius 3 is 2.62 bits per heavy atom. The van der Waals surface area contributed by atoms with Gasteiger partial charge in [-0.15, -0.1) is 0 Å². The van der Waals surface area contributed by atoms with E-state index in [2.05, 4.69) is 9.97 Å². The van der Waals surface area contributed by atoms with Crippen LogP contribution in [0.4, 0.5) is 5.82 Å². The van der Waals surface area contributed by atoms with Gasteiger partial charge in [-0.3, -0.25) is 9.59 Å². The summed E-state index contributed by atoms with van der Waals surface area (Å²) in [5.74, 6) is -0.722. The molecular formula is C14H21N3O4. The molecule has 116 valence electrons. The van der Waals surface area contributed by atoms with Crippen molar-refractivity contribution in [3.05, 3.63) is 21.7 Å². The molecule has 0 radical (unpaired) electrons. The normalized spacial score (nSPS) is 17.6. The molecule has 1 fully saturated rings. The number of ether oxygens (including phenoxy) is 1. The third kappa shape index (κ3) is 3.24. The maximum Gasteiger partial charge on any atom is 0.308 e. The number of carbonyl (C=O) groups is 1. The number of H-pyrrole nitrogens is 1. The number of carboxylic acids is 1.